The van der Waals surface area contributed by atoms with Crippen molar-refractivity contribution in [1.29, 1.82) is 0 Å². The molecule has 122 valence electrons. The number of aromatic nitrogens is 2. The van der Waals surface area contributed by atoms with Crippen LogP contribution in [-0.4, -0.2) is 27.8 Å². The molecule has 0 atom stereocenters. The van der Waals surface area contributed by atoms with Crippen molar-refractivity contribution in [1.82, 2.24) is 10.1 Å². The highest BCUT2D eigenvalue weighted by Gasteiger charge is 2.30. The lowest BCUT2D eigenvalue weighted by Gasteiger charge is -2.25. The summed E-state index contributed by atoms with van der Waals surface area (Å²) in [5, 5.41) is 14.2. The summed E-state index contributed by atoms with van der Waals surface area (Å²) in [6, 6.07) is 9.12. The number of carboxylic acids is 1. The van der Waals surface area contributed by atoms with Gasteiger partial charge >= 0.3 is 5.97 Å². The Kier molecular flexibility index (Phi) is 3.46. The summed E-state index contributed by atoms with van der Waals surface area (Å²) in [7, 11) is 0. The first-order valence-electron chi connectivity index (χ1n) is 7.41. The van der Waals surface area contributed by atoms with E-state index in [0.717, 1.165) is 10.6 Å². The number of nitrogens with two attached hydrogens (primary N) is 1. The van der Waals surface area contributed by atoms with Crippen molar-refractivity contribution >= 4 is 28.3 Å². The van der Waals surface area contributed by atoms with E-state index in [-0.39, 0.29) is 11.3 Å². The summed E-state index contributed by atoms with van der Waals surface area (Å²) in [4.78, 5) is 19.1. The van der Waals surface area contributed by atoms with Gasteiger partial charge in [-0.25, -0.2) is 9.78 Å². The number of hydrogen-bond donors (Lipinski definition) is 2. The topological polar surface area (TPSA) is 105 Å². The molecular weight excluding hydrogens is 328 g/mol. The summed E-state index contributed by atoms with van der Waals surface area (Å²) in [5.74, 6) is -0.439. The number of fused-ring (bicyclic) bond motifs is 1. The molecule has 0 aliphatic carbocycles. The summed E-state index contributed by atoms with van der Waals surface area (Å²) < 4.78 is 5.38. The molecule has 8 heteroatoms. The van der Waals surface area contributed by atoms with Crippen LogP contribution in [0.3, 0.4) is 0 Å². The van der Waals surface area contributed by atoms with Gasteiger partial charge in [0.05, 0.1) is 12.2 Å². The average Bonchev–Trinajstić information content (AvgIpc) is 3.17. The van der Waals surface area contributed by atoms with Gasteiger partial charge in [0.15, 0.2) is 22.3 Å². The van der Waals surface area contributed by atoms with Crippen LogP contribution >= 0.6 is 11.3 Å². The van der Waals surface area contributed by atoms with Crippen LogP contribution in [0.5, 0.6) is 0 Å². The number of nitrogen functional groups attached to an aromatic ring is 1. The summed E-state index contributed by atoms with van der Waals surface area (Å²) in [6.07, 6.45) is 0.704. The lowest BCUT2D eigenvalue weighted by Crippen LogP contribution is -2.31. The number of carboxylic acid groups (broad SMARTS) is 1. The van der Waals surface area contributed by atoms with Crippen molar-refractivity contribution in [3.8, 4) is 11.3 Å². The minimum atomic E-state index is -1.06. The molecule has 2 aromatic heterocycles. The maximum atomic E-state index is 11.8. The Morgan fingerprint density at radius 3 is 2.88 bits per heavy atom. The van der Waals surface area contributed by atoms with Gasteiger partial charge in [-0.2, -0.15) is 0 Å². The number of benzene rings is 1. The molecule has 0 radical (unpaired) electrons. The molecule has 0 amide bonds. The molecule has 24 heavy (non-hydrogen) atoms. The van der Waals surface area contributed by atoms with E-state index in [1.165, 1.54) is 11.3 Å². The Labute approximate surface area is 141 Å². The van der Waals surface area contributed by atoms with Crippen molar-refractivity contribution in [2.75, 3.05) is 17.2 Å². The first-order chi connectivity index (χ1) is 11.6. The summed E-state index contributed by atoms with van der Waals surface area (Å²) >= 11 is 1.43. The maximum Gasteiger partial charge on any atom is 0.343 e. The van der Waals surface area contributed by atoms with Crippen molar-refractivity contribution in [3.63, 3.8) is 0 Å². The van der Waals surface area contributed by atoms with Gasteiger partial charge in [-0.1, -0.05) is 35.5 Å². The molecule has 1 aliphatic heterocycles. The Morgan fingerprint density at radius 1 is 1.33 bits per heavy atom. The van der Waals surface area contributed by atoms with Crippen molar-refractivity contribution in [3.05, 3.63) is 46.5 Å². The van der Waals surface area contributed by atoms with Crippen molar-refractivity contribution in [2.45, 2.75) is 13.0 Å². The van der Waals surface area contributed by atoms with Gasteiger partial charge in [0.2, 0.25) is 0 Å². The normalized spacial score (nSPS) is 13.8. The Morgan fingerprint density at radius 2 is 2.12 bits per heavy atom. The van der Waals surface area contributed by atoms with E-state index in [1.807, 2.05) is 23.1 Å². The number of aromatic carboxylic acids is 1. The molecule has 0 fully saturated rings. The molecule has 0 bridgehead atoms. The minimum absolute atomic E-state index is 0.0853. The molecule has 3 heterocycles. The SMILES string of the molecule is Nc1nc2c(s1)CN(c1noc(-c3ccccc3)c1C(=O)O)CC2. The van der Waals surface area contributed by atoms with Gasteiger partial charge in [0.25, 0.3) is 0 Å². The van der Waals surface area contributed by atoms with Crippen molar-refractivity contribution in [2.24, 2.45) is 0 Å². The first-order valence-corrected chi connectivity index (χ1v) is 8.22. The van der Waals surface area contributed by atoms with Gasteiger partial charge in [0, 0.05) is 23.4 Å². The molecule has 0 saturated carbocycles. The van der Waals surface area contributed by atoms with Crippen molar-refractivity contribution < 1.29 is 14.4 Å². The number of thiazole rings is 1. The highest BCUT2D eigenvalue weighted by Crippen LogP contribution is 2.35. The van der Waals surface area contributed by atoms with E-state index >= 15 is 0 Å². The van der Waals surface area contributed by atoms with E-state index in [4.69, 9.17) is 10.3 Å². The largest absolute Gasteiger partial charge is 0.477 e. The Balaban J connectivity index is 1.74. The van der Waals surface area contributed by atoms with Crippen LogP contribution in [0.2, 0.25) is 0 Å². The second kappa shape index (κ2) is 5.64. The number of hydrogen-bond acceptors (Lipinski definition) is 7. The maximum absolute atomic E-state index is 11.8. The lowest BCUT2D eigenvalue weighted by molar-refractivity contribution is 0.0697. The van der Waals surface area contributed by atoms with Crippen LogP contribution in [0.4, 0.5) is 10.9 Å². The summed E-state index contributed by atoms with van der Waals surface area (Å²) in [6.45, 7) is 1.16. The Bertz CT molecular complexity index is 903. The third-order valence-corrected chi connectivity index (χ3v) is 4.88. The smallest absolute Gasteiger partial charge is 0.343 e. The molecule has 0 unspecified atom stereocenters. The molecule has 1 aliphatic rings. The summed E-state index contributed by atoms with van der Waals surface area (Å²) in [5.41, 5.74) is 7.52. The number of rotatable bonds is 3. The Hall–Kier alpha value is -2.87. The predicted octanol–water partition coefficient (Wildman–Crippen LogP) is 2.64. The van der Waals surface area contributed by atoms with Crippen LogP contribution in [0.1, 0.15) is 20.9 Å². The molecule has 3 N–H and O–H groups in total. The zero-order chi connectivity index (χ0) is 16.7. The minimum Gasteiger partial charge on any atom is -0.477 e. The third kappa shape index (κ3) is 2.41. The molecule has 4 rings (SSSR count). The van der Waals surface area contributed by atoms with Crippen LogP contribution < -0.4 is 10.6 Å². The van der Waals surface area contributed by atoms with Crippen LogP contribution in [-0.2, 0) is 13.0 Å². The molecule has 3 aromatic rings. The van der Waals surface area contributed by atoms with Gasteiger partial charge in [-0.3, -0.25) is 0 Å². The van der Waals surface area contributed by atoms with Gasteiger partial charge in [-0.15, -0.1) is 11.3 Å². The van der Waals surface area contributed by atoms with E-state index in [0.29, 0.717) is 36.0 Å². The van der Waals surface area contributed by atoms with E-state index in [9.17, 15) is 9.90 Å². The number of nitrogens with zero attached hydrogens (tertiary/aromatic N) is 3. The molecule has 0 saturated heterocycles. The standard InChI is InChI=1S/C16H14N4O3S/c17-16-18-10-6-7-20(8-11(10)24-16)14-12(15(21)22)13(23-19-14)9-4-2-1-3-5-9/h1-5H,6-8H2,(H2,17,18)(H,21,22). The molecule has 7 nitrogen and oxygen atoms in total. The van der Waals surface area contributed by atoms with Crippen LogP contribution in [0.15, 0.2) is 34.9 Å². The molecule has 1 aromatic carbocycles. The van der Waals surface area contributed by atoms with E-state index in [2.05, 4.69) is 10.1 Å². The van der Waals surface area contributed by atoms with Gasteiger partial charge < -0.3 is 20.3 Å². The second-order valence-corrected chi connectivity index (χ2v) is 6.59. The highest BCUT2D eigenvalue weighted by atomic mass is 32.1. The fraction of sp³-hybridized carbons (Fsp3) is 0.188. The fourth-order valence-electron chi connectivity index (χ4n) is 2.87. The van der Waals surface area contributed by atoms with Gasteiger partial charge in [-0.05, 0) is 0 Å². The lowest BCUT2D eigenvalue weighted by atomic mass is 10.1. The average molecular weight is 342 g/mol. The second-order valence-electron chi connectivity index (χ2n) is 5.48. The first kappa shape index (κ1) is 14.7. The number of carbonyl (C=O) groups is 1. The fourth-order valence-corrected chi connectivity index (χ4v) is 3.77. The zero-order valence-corrected chi connectivity index (χ0v) is 13.4. The predicted molar refractivity (Wildman–Crippen MR) is 90.2 cm³/mol. The van der Waals surface area contributed by atoms with Crippen LogP contribution in [0.25, 0.3) is 11.3 Å². The van der Waals surface area contributed by atoms with Gasteiger partial charge in [0.1, 0.15) is 0 Å². The van der Waals surface area contributed by atoms with E-state index in [1.54, 1.807) is 12.1 Å². The van der Waals surface area contributed by atoms with E-state index < -0.39 is 5.97 Å². The quantitative estimate of drug-likeness (QED) is 0.753. The molecule has 0 spiro atoms. The highest BCUT2D eigenvalue weighted by molar-refractivity contribution is 7.15. The molecular formula is C16H14N4O3S. The zero-order valence-electron chi connectivity index (χ0n) is 12.6. The third-order valence-electron chi connectivity index (χ3n) is 3.97. The van der Waals surface area contributed by atoms with Crippen LogP contribution in [0, 0.1) is 0 Å². The number of anilines is 2. The monoisotopic (exact) mass is 342 g/mol.